The third-order valence-electron chi connectivity index (χ3n) is 4.70. The lowest BCUT2D eigenvalue weighted by molar-refractivity contribution is -0.117. The van der Waals surface area contributed by atoms with Crippen molar-refractivity contribution < 1.29 is 9.59 Å². The molecular weight excluding hydrogens is 334 g/mol. The Morgan fingerprint density at radius 1 is 1.40 bits per heavy atom. The number of para-hydroxylation sites is 1. The summed E-state index contributed by atoms with van der Waals surface area (Å²) in [6.45, 7) is 5.09. The Bertz CT molecular complexity index is 674. The van der Waals surface area contributed by atoms with E-state index in [1.165, 1.54) is 37.1 Å². The predicted octanol–water partition coefficient (Wildman–Crippen LogP) is 3.00. The van der Waals surface area contributed by atoms with Gasteiger partial charge in [-0.15, -0.1) is 0 Å². The molecule has 1 atom stereocenters. The number of carbonyl (C=O) groups is 2. The molecule has 1 aromatic carbocycles. The number of rotatable bonds is 5. The van der Waals surface area contributed by atoms with Crippen LogP contribution in [0.15, 0.2) is 40.1 Å². The van der Waals surface area contributed by atoms with Crippen molar-refractivity contribution in [2.75, 3.05) is 25.0 Å². The summed E-state index contributed by atoms with van der Waals surface area (Å²) in [5.41, 5.74) is 0.797. The minimum absolute atomic E-state index is 0.205. The van der Waals surface area contributed by atoms with Crippen molar-refractivity contribution in [3.8, 4) is 0 Å². The first-order chi connectivity index (χ1) is 12.1. The number of likely N-dealkylation sites (tertiary alicyclic amines) is 1. The van der Waals surface area contributed by atoms with E-state index in [4.69, 9.17) is 0 Å². The summed E-state index contributed by atoms with van der Waals surface area (Å²) in [5, 5.41) is 5.71. The van der Waals surface area contributed by atoms with Gasteiger partial charge in [-0.1, -0.05) is 30.3 Å². The Labute approximate surface area is 153 Å². The van der Waals surface area contributed by atoms with Gasteiger partial charge < -0.3 is 15.5 Å². The number of nitrogens with zero attached hydrogens (tertiary/aromatic N) is 1. The average Bonchev–Trinajstić information content (AvgIpc) is 2.61. The molecule has 1 aromatic rings. The third kappa shape index (κ3) is 4.86. The van der Waals surface area contributed by atoms with Crippen molar-refractivity contribution in [3.05, 3.63) is 35.2 Å². The number of amides is 2. The first-order valence-electron chi connectivity index (χ1n) is 8.95. The fourth-order valence-electron chi connectivity index (χ4n) is 3.26. The van der Waals surface area contributed by atoms with Crippen LogP contribution in [0.25, 0.3) is 0 Å². The number of anilines is 1. The second kappa shape index (κ2) is 8.54. The maximum absolute atomic E-state index is 12.1. The van der Waals surface area contributed by atoms with Crippen molar-refractivity contribution >= 4 is 29.3 Å². The van der Waals surface area contributed by atoms with Crippen LogP contribution in [-0.2, 0) is 9.59 Å². The van der Waals surface area contributed by atoms with Crippen molar-refractivity contribution in [3.63, 3.8) is 0 Å². The Kier molecular flexibility index (Phi) is 6.15. The highest BCUT2D eigenvalue weighted by molar-refractivity contribution is 8.04. The molecule has 5 nitrogen and oxygen atoms in total. The largest absolute Gasteiger partial charge is 0.352 e. The summed E-state index contributed by atoms with van der Waals surface area (Å²) in [4.78, 5) is 28.1. The van der Waals surface area contributed by atoms with Crippen LogP contribution < -0.4 is 10.6 Å². The maximum atomic E-state index is 12.1. The van der Waals surface area contributed by atoms with E-state index in [9.17, 15) is 9.59 Å². The van der Waals surface area contributed by atoms with E-state index in [1.807, 2.05) is 24.3 Å². The number of thioether (sulfide) groups is 1. The second-order valence-electron chi connectivity index (χ2n) is 6.59. The highest BCUT2D eigenvalue weighted by Crippen LogP contribution is 2.37. The molecule has 2 amide bonds. The first kappa shape index (κ1) is 18.0. The first-order valence-corrected chi connectivity index (χ1v) is 9.77. The zero-order valence-electron chi connectivity index (χ0n) is 14.6. The van der Waals surface area contributed by atoms with Gasteiger partial charge in [-0.2, -0.15) is 0 Å². The molecule has 2 N–H and O–H groups in total. The van der Waals surface area contributed by atoms with E-state index in [1.54, 1.807) is 0 Å². The number of fused-ring (bicyclic) bond motifs is 1. The maximum Gasteiger partial charge on any atom is 0.262 e. The van der Waals surface area contributed by atoms with Crippen LogP contribution in [-0.4, -0.2) is 42.4 Å². The number of carbonyl (C=O) groups excluding carboxylic acids is 2. The second-order valence-corrected chi connectivity index (χ2v) is 7.67. The van der Waals surface area contributed by atoms with Crippen LogP contribution in [0.3, 0.4) is 0 Å². The fourth-order valence-corrected chi connectivity index (χ4v) is 4.18. The normalized spacial score (nSPS) is 22.4. The summed E-state index contributed by atoms with van der Waals surface area (Å²) in [6.07, 6.45) is 6.20. The van der Waals surface area contributed by atoms with Crippen LogP contribution in [0.5, 0.6) is 0 Å². The van der Waals surface area contributed by atoms with Crippen LogP contribution in [0.4, 0.5) is 5.69 Å². The van der Waals surface area contributed by atoms with Gasteiger partial charge in [0.1, 0.15) is 0 Å². The summed E-state index contributed by atoms with van der Waals surface area (Å²) in [7, 11) is 0. The average molecular weight is 359 g/mol. The van der Waals surface area contributed by atoms with Gasteiger partial charge in [-0.3, -0.25) is 9.59 Å². The van der Waals surface area contributed by atoms with Crippen LogP contribution >= 0.6 is 11.8 Å². The van der Waals surface area contributed by atoms with Crippen molar-refractivity contribution in [2.45, 2.75) is 43.5 Å². The molecule has 0 bridgehead atoms. The topological polar surface area (TPSA) is 61.4 Å². The molecule has 1 saturated heterocycles. The number of nitrogens with one attached hydrogen (secondary N) is 2. The molecule has 1 fully saturated rings. The highest BCUT2D eigenvalue weighted by atomic mass is 32.2. The molecule has 2 aliphatic rings. The Morgan fingerprint density at radius 3 is 3.08 bits per heavy atom. The minimum atomic E-state index is -0.221. The molecule has 0 saturated carbocycles. The lowest BCUT2D eigenvalue weighted by atomic mass is 10.0. The molecule has 0 radical (unpaired) electrons. The van der Waals surface area contributed by atoms with Gasteiger partial charge in [0.2, 0.25) is 5.91 Å². The molecule has 1 unspecified atom stereocenters. The molecule has 6 heteroatoms. The SMILES string of the molecule is CC1CCCCN1CCCNC(=O)C=C1Sc2ccccc2NC1=O. The highest BCUT2D eigenvalue weighted by Gasteiger charge is 2.21. The Balaban J connectivity index is 1.46. The van der Waals surface area contributed by atoms with Gasteiger partial charge in [0.25, 0.3) is 5.91 Å². The fraction of sp³-hybridized carbons (Fsp3) is 0.474. The van der Waals surface area contributed by atoms with Crippen LogP contribution in [0, 0.1) is 0 Å². The number of piperidine rings is 1. The van der Waals surface area contributed by atoms with Gasteiger partial charge >= 0.3 is 0 Å². The van der Waals surface area contributed by atoms with E-state index in [0.717, 1.165) is 30.1 Å². The predicted molar refractivity (Wildman–Crippen MR) is 102 cm³/mol. The van der Waals surface area contributed by atoms with Crippen LogP contribution in [0.2, 0.25) is 0 Å². The minimum Gasteiger partial charge on any atom is -0.352 e. The standard InChI is InChI=1S/C19H25N3O2S/c1-14-7-4-5-11-22(14)12-6-10-20-18(23)13-17-19(24)21-15-8-2-3-9-16(15)25-17/h2-3,8-9,13-14H,4-7,10-12H2,1H3,(H,20,23)(H,21,24). The van der Waals surface area contributed by atoms with E-state index in [2.05, 4.69) is 22.5 Å². The van der Waals surface area contributed by atoms with Gasteiger partial charge in [0, 0.05) is 30.1 Å². The summed E-state index contributed by atoms with van der Waals surface area (Å²) in [5.74, 6) is -0.426. The molecule has 25 heavy (non-hydrogen) atoms. The van der Waals surface area contributed by atoms with E-state index < -0.39 is 0 Å². The van der Waals surface area contributed by atoms with Crippen molar-refractivity contribution in [2.24, 2.45) is 0 Å². The monoisotopic (exact) mass is 359 g/mol. The summed E-state index contributed by atoms with van der Waals surface area (Å²) >= 11 is 1.34. The van der Waals surface area contributed by atoms with E-state index >= 15 is 0 Å². The molecule has 134 valence electrons. The molecule has 3 rings (SSSR count). The summed E-state index contributed by atoms with van der Waals surface area (Å²) in [6, 6.07) is 8.24. The van der Waals surface area contributed by atoms with Gasteiger partial charge in [-0.05, 0) is 44.9 Å². The lowest BCUT2D eigenvalue weighted by Gasteiger charge is -2.33. The van der Waals surface area contributed by atoms with Crippen molar-refractivity contribution in [1.29, 1.82) is 0 Å². The molecule has 0 aliphatic carbocycles. The quantitative estimate of drug-likeness (QED) is 0.627. The van der Waals surface area contributed by atoms with Gasteiger partial charge in [0.05, 0.1) is 10.6 Å². The Hall–Kier alpha value is -1.79. The molecule has 0 spiro atoms. The van der Waals surface area contributed by atoms with E-state index in [-0.39, 0.29) is 11.8 Å². The van der Waals surface area contributed by atoms with E-state index in [0.29, 0.717) is 17.5 Å². The molecule has 0 aromatic heterocycles. The molecular formula is C19H25N3O2S. The third-order valence-corrected chi connectivity index (χ3v) is 5.80. The lowest BCUT2D eigenvalue weighted by Crippen LogP contribution is -2.39. The number of hydrogen-bond donors (Lipinski definition) is 2. The van der Waals surface area contributed by atoms with Gasteiger partial charge in [0.15, 0.2) is 0 Å². The Morgan fingerprint density at radius 2 is 2.24 bits per heavy atom. The molecule has 2 aliphatic heterocycles. The number of benzene rings is 1. The van der Waals surface area contributed by atoms with Gasteiger partial charge in [-0.25, -0.2) is 0 Å². The number of hydrogen-bond acceptors (Lipinski definition) is 4. The zero-order valence-corrected chi connectivity index (χ0v) is 15.4. The molecule has 2 heterocycles. The zero-order chi connectivity index (χ0) is 17.6. The smallest absolute Gasteiger partial charge is 0.262 e. The van der Waals surface area contributed by atoms with Crippen LogP contribution in [0.1, 0.15) is 32.6 Å². The summed E-state index contributed by atoms with van der Waals surface area (Å²) < 4.78 is 0. The van der Waals surface area contributed by atoms with Crippen molar-refractivity contribution in [1.82, 2.24) is 10.2 Å².